The van der Waals surface area contributed by atoms with Crippen LogP contribution in [0.5, 0.6) is 0 Å². The third kappa shape index (κ3) is 2.50. The number of aromatic nitrogens is 4. The normalized spacial score (nSPS) is 15.4. The van der Waals surface area contributed by atoms with E-state index in [4.69, 9.17) is 0 Å². The molecule has 1 saturated carbocycles. The van der Waals surface area contributed by atoms with Crippen molar-refractivity contribution in [3.63, 3.8) is 0 Å². The van der Waals surface area contributed by atoms with Gasteiger partial charge in [0.25, 0.3) is 0 Å². The predicted octanol–water partition coefficient (Wildman–Crippen LogP) is 5.10. The van der Waals surface area contributed by atoms with Crippen molar-refractivity contribution in [1.82, 2.24) is 19.5 Å². The molecule has 1 fully saturated rings. The lowest BCUT2D eigenvalue weighted by Gasteiger charge is -2.23. The van der Waals surface area contributed by atoms with Gasteiger partial charge < -0.3 is 9.55 Å². The third-order valence-corrected chi connectivity index (χ3v) is 5.62. The maximum absolute atomic E-state index is 14.4. The van der Waals surface area contributed by atoms with Crippen LogP contribution < -0.4 is 0 Å². The highest BCUT2D eigenvalue weighted by atomic mass is 19.1. The fourth-order valence-corrected chi connectivity index (χ4v) is 4.25. The van der Waals surface area contributed by atoms with Crippen molar-refractivity contribution in [3.8, 4) is 17.2 Å². The van der Waals surface area contributed by atoms with E-state index in [2.05, 4.69) is 25.6 Å². The molecule has 5 nitrogen and oxygen atoms in total. The van der Waals surface area contributed by atoms with Gasteiger partial charge in [-0.3, -0.25) is 0 Å². The van der Waals surface area contributed by atoms with Crippen molar-refractivity contribution in [3.05, 3.63) is 48.3 Å². The van der Waals surface area contributed by atoms with E-state index in [1.165, 1.54) is 44.5 Å². The summed E-state index contributed by atoms with van der Waals surface area (Å²) in [4.78, 5) is 11.8. The zero-order chi connectivity index (χ0) is 18.4. The van der Waals surface area contributed by atoms with Crippen LogP contribution in [0, 0.1) is 17.1 Å². The van der Waals surface area contributed by atoms with Gasteiger partial charge in [0.2, 0.25) is 0 Å². The first-order valence-electron chi connectivity index (χ1n) is 9.29. The fourth-order valence-electron chi connectivity index (χ4n) is 4.25. The van der Waals surface area contributed by atoms with Crippen molar-refractivity contribution < 1.29 is 4.39 Å². The van der Waals surface area contributed by atoms with E-state index in [0.29, 0.717) is 22.6 Å². The molecular weight excluding hydrogens is 341 g/mol. The van der Waals surface area contributed by atoms with Crippen LogP contribution in [-0.2, 0) is 0 Å². The molecule has 1 N–H and O–H groups in total. The highest BCUT2D eigenvalue weighted by Gasteiger charge is 2.19. The lowest BCUT2D eigenvalue weighted by Crippen LogP contribution is -2.11. The molecule has 0 unspecified atom stereocenters. The molecule has 0 atom stereocenters. The summed E-state index contributed by atoms with van der Waals surface area (Å²) in [5, 5.41) is 9.21. The van der Waals surface area contributed by atoms with Crippen LogP contribution in [0.25, 0.3) is 33.2 Å². The van der Waals surface area contributed by atoms with E-state index in [1.54, 1.807) is 0 Å². The Kier molecular flexibility index (Phi) is 3.68. The SMILES string of the molecule is N#Cc1c(F)cc(-c2ccc3c(c2)ncn3C2CCCCC2)c2nc[nH]c12. The van der Waals surface area contributed by atoms with Gasteiger partial charge in [0.15, 0.2) is 0 Å². The zero-order valence-electron chi connectivity index (χ0n) is 14.7. The van der Waals surface area contributed by atoms with Gasteiger partial charge in [0.05, 0.1) is 34.7 Å². The van der Waals surface area contributed by atoms with Crippen LogP contribution in [0.1, 0.15) is 43.7 Å². The van der Waals surface area contributed by atoms with Crippen molar-refractivity contribution >= 4 is 22.1 Å². The summed E-state index contributed by atoms with van der Waals surface area (Å²) in [5.41, 5.74) is 4.53. The molecule has 2 aromatic carbocycles. The first-order chi connectivity index (χ1) is 13.3. The molecule has 2 heterocycles. The number of hydrogen-bond donors (Lipinski definition) is 1. The number of imidazole rings is 2. The number of aromatic amines is 1. The topological polar surface area (TPSA) is 70.3 Å². The van der Waals surface area contributed by atoms with E-state index in [0.717, 1.165) is 16.6 Å². The molecule has 0 amide bonds. The standard InChI is InChI=1S/C21H18FN5/c22-17-9-15(20-21(16(17)10-23)25-11-24-20)13-6-7-19-18(8-13)26-12-27(19)14-4-2-1-3-5-14/h6-9,11-12,14H,1-5H2,(H,24,25). The lowest BCUT2D eigenvalue weighted by molar-refractivity contribution is 0.359. The molecular formula is C21H18FN5. The Morgan fingerprint density at radius 1 is 1.15 bits per heavy atom. The predicted molar refractivity (Wildman–Crippen MR) is 102 cm³/mol. The van der Waals surface area contributed by atoms with Crippen LogP contribution in [0.15, 0.2) is 36.9 Å². The molecule has 0 aliphatic heterocycles. The largest absolute Gasteiger partial charge is 0.343 e. The van der Waals surface area contributed by atoms with Gasteiger partial charge in [0.1, 0.15) is 17.4 Å². The first kappa shape index (κ1) is 16.0. The molecule has 6 heteroatoms. The van der Waals surface area contributed by atoms with Gasteiger partial charge in [-0.25, -0.2) is 14.4 Å². The number of H-pyrrole nitrogens is 1. The molecule has 0 saturated heterocycles. The van der Waals surface area contributed by atoms with E-state index in [9.17, 15) is 9.65 Å². The molecule has 1 aliphatic rings. The van der Waals surface area contributed by atoms with Crippen LogP contribution in [0.2, 0.25) is 0 Å². The van der Waals surface area contributed by atoms with Crippen molar-refractivity contribution in [2.45, 2.75) is 38.1 Å². The number of nitriles is 1. The van der Waals surface area contributed by atoms with E-state index in [-0.39, 0.29) is 5.56 Å². The van der Waals surface area contributed by atoms with Gasteiger partial charge in [-0.2, -0.15) is 5.26 Å². The molecule has 0 bridgehead atoms. The van der Waals surface area contributed by atoms with Crippen molar-refractivity contribution in [1.29, 1.82) is 5.26 Å². The van der Waals surface area contributed by atoms with Gasteiger partial charge >= 0.3 is 0 Å². The van der Waals surface area contributed by atoms with Crippen LogP contribution in [-0.4, -0.2) is 19.5 Å². The van der Waals surface area contributed by atoms with Gasteiger partial charge in [-0.15, -0.1) is 0 Å². The third-order valence-electron chi connectivity index (χ3n) is 5.62. The second-order valence-electron chi connectivity index (χ2n) is 7.17. The average Bonchev–Trinajstić information content (AvgIpc) is 3.35. The number of hydrogen-bond acceptors (Lipinski definition) is 3. The Morgan fingerprint density at radius 2 is 2.00 bits per heavy atom. The number of nitrogens with zero attached hydrogens (tertiary/aromatic N) is 4. The monoisotopic (exact) mass is 359 g/mol. The van der Waals surface area contributed by atoms with Gasteiger partial charge in [0, 0.05) is 11.6 Å². The summed E-state index contributed by atoms with van der Waals surface area (Å²) in [5.74, 6) is -0.544. The minimum atomic E-state index is -0.544. The van der Waals surface area contributed by atoms with Crippen molar-refractivity contribution in [2.75, 3.05) is 0 Å². The van der Waals surface area contributed by atoms with Crippen LogP contribution >= 0.6 is 0 Å². The second kappa shape index (κ2) is 6.20. The van der Waals surface area contributed by atoms with Crippen LogP contribution in [0.4, 0.5) is 4.39 Å². The number of halogens is 1. The number of benzene rings is 2. The Balaban J connectivity index is 1.64. The summed E-state index contributed by atoms with van der Waals surface area (Å²) in [6.45, 7) is 0. The summed E-state index contributed by atoms with van der Waals surface area (Å²) in [6.07, 6.45) is 9.66. The van der Waals surface area contributed by atoms with Gasteiger partial charge in [-0.1, -0.05) is 25.3 Å². The number of fused-ring (bicyclic) bond motifs is 2. The first-order valence-corrected chi connectivity index (χ1v) is 9.29. The highest BCUT2D eigenvalue weighted by molar-refractivity contribution is 5.96. The summed E-state index contributed by atoms with van der Waals surface area (Å²) >= 11 is 0. The minimum absolute atomic E-state index is 0.00564. The van der Waals surface area contributed by atoms with Crippen LogP contribution in [0.3, 0.4) is 0 Å². The minimum Gasteiger partial charge on any atom is -0.343 e. The number of rotatable bonds is 2. The summed E-state index contributed by atoms with van der Waals surface area (Å²) in [7, 11) is 0. The maximum Gasteiger partial charge on any atom is 0.143 e. The fraction of sp³-hybridized carbons (Fsp3) is 0.286. The summed E-state index contributed by atoms with van der Waals surface area (Å²) < 4.78 is 16.7. The van der Waals surface area contributed by atoms with Gasteiger partial charge in [-0.05, 0) is 36.6 Å². The Morgan fingerprint density at radius 3 is 2.81 bits per heavy atom. The zero-order valence-corrected chi connectivity index (χ0v) is 14.7. The molecule has 0 spiro atoms. The van der Waals surface area contributed by atoms with E-state index < -0.39 is 5.82 Å². The van der Waals surface area contributed by atoms with E-state index >= 15 is 0 Å². The molecule has 5 rings (SSSR count). The number of nitrogens with one attached hydrogen (secondary N) is 1. The van der Waals surface area contributed by atoms with E-state index in [1.807, 2.05) is 24.5 Å². The molecule has 0 radical (unpaired) electrons. The highest BCUT2D eigenvalue weighted by Crippen LogP contribution is 2.34. The molecule has 134 valence electrons. The smallest absolute Gasteiger partial charge is 0.143 e. The average molecular weight is 359 g/mol. The Hall–Kier alpha value is -3.20. The lowest BCUT2D eigenvalue weighted by atomic mass is 9.95. The Labute approximate surface area is 155 Å². The maximum atomic E-state index is 14.4. The quantitative estimate of drug-likeness (QED) is 0.541. The second-order valence-corrected chi connectivity index (χ2v) is 7.17. The summed E-state index contributed by atoms with van der Waals surface area (Å²) in [6, 6.07) is 9.83. The molecule has 2 aromatic heterocycles. The molecule has 4 aromatic rings. The molecule has 1 aliphatic carbocycles. The molecule has 27 heavy (non-hydrogen) atoms. The van der Waals surface area contributed by atoms with Crippen molar-refractivity contribution in [2.24, 2.45) is 0 Å². The Bertz CT molecular complexity index is 1190.